The lowest BCUT2D eigenvalue weighted by molar-refractivity contribution is 0.400. The molecule has 1 aromatic carbocycles. The standard InChI is InChI=1S/C54H85Br2F2NS4/c1-5-9-13-17-21-23-27-31-35-41(33-29-25-19-15-11-7-3)37-43-39-45(60-53(43)55)47-49(57)50(58)48(52-51(47)59-63-62-52)46-40-44(54(56)61-46)38-42(34-30-26-20-16-12-8-4)36-32-28-24-22-18-14-10-6-2/h39-42,59H,5-38H2,1-4H3. The average molecular weight is 1070 g/mol. The minimum atomic E-state index is -0.732. The van der Waals surface area contributed by atoms with Crippen LogP contribution in [0.4, 0.5) is 14.5 Å². The Morgan fingerprint density at radius 2 is 0.778 bits per heavy atom. The zero-order chi connectivity index (χ0) is 45.1. The molecular weight excluding hydrogens is 989 g/mol. The average Bonchev–Trinajstić information content (AvgIpc) is 4.00. The van der Waals surface area contributed by atoms with Gasteiger partial charge in [-0.25, -0.2) is 8.78 Å². The first-order valence-electron chi connectivity index (χ1n) is 26.0. The van der Waals surface area contributed by atoms with Crippen molar-refractivity contribution in [2.75, 3.05) is 4.72 Å². The van der Waals surface area contributed by atoms with Gasteiger partial charge in [-0.3, -0.25) is 0 Å². The maximum absolute atomic E-state index is 16.7. The lowest BCUT2D eigenvalue weighted by Crippen LogP contribution is -2.05. The molecule has 63 heavy (non-hydrogen) atoms. The summed E-state index contributed by atoms with van der Waals surface area (Å²) in [5.41, 5.74) is 4.03. The second kappa shape index (κ2) is 33.4. The fraction of sp³-hybridized carbons (Fsp3) is 0.741. The summed E-state index contributed by atoms with van der Waals surface area (Å²) >= 11 is 11.0. The Balaban J connectivity index is 1.48. The second-order valence-electron chi connectivity index (χ2n) is 19.0. The number of rotatable bonds is 38. The van der Waals surface area contributed by atoms with Crippen molar-refractivity contribution < 1.29 is 8.78 Å². The van der Waals surface area contributed by atoms with Crippen LogP contribution in [0.25, 0.3) is 20.9 Å². The summed E-state index contributed by atoms with van der Waals surface area (Å²) in [4.78, 5) is 2.45. The van der Waals surface area contributed by atoms with Crippen molar-refractivity contribution in [3.05, 3.63) is 42.5 Å². The van der Waals surface area contributed by atoms with Crippen LogP contribution >= 0.6 is 76.3 Å². The lowest BCUT2D eigenvalue weighted by atomic mass is 9.89. The molecule has 1 N–H and O–H groups in total. The van der Waals surface area contributed by atoms with Crippen LogP contribution in [0.2, 0.25) is 0 Å². The topological polar surface area (TPSA) is 12.0 Å². The van der Waals surface area contributed by atoms with E-state index in [1.807, 2.05) is 0 Å². The van der Waals surface area contributed by atoms with E-state index in [1.54, 1.807) is 22.7 Å². The van der Waals surface area contributed by atoms with Crippen molar-refractivity contribution in [1.29, 1.82) is 0 Å². The third kappa shape index (κ3) is 19.8. The number of anilines is 1. The molecule has 1 nitrogen and oxygen atoms in total. The molecular formula is C54H85Br2F2NS4. The van der Waals surface area contributed by atoms with E-state index in [0.717, 1.165) is 40.8 Å². The molecule has 0 fully saturated rings. The van der Waals surface area contributed by atoms with Crippen molar-refractivity contribution >= 4 is 82.0 Å². The van der Waals surface area contributed by atoms with E-state index < -0.39 is 11.6 Å². The van der Waals surface area contributed by atoms with Gasteiger partial charge in [0.2, 0.25) is 0 Å². The summed E-state index contributed by atoms with van der Waals surface area (Å²) in [6.45, 7) is 9.14. The number of nitrogens with one attached hydrogen (secondary N) is 1. The highest BCUT2D eigenvalue weighted by Crippen LogP contribution is 2.57. The zero-order valence-corrected chi connectivity index (χ0v) is 46.4. The highest BCUT2D eigenvalue weighted by atomic mass is 79.9. The molecule has 0 saturated carbocycles. The molecule has 0 amide bonds. The van der Waals surface area contributed by atoms with Gasteiger partial charge in [0.15, 0.2) is 11.6 Å². The first-order chi connectivity index (χ1) is 30.8. The van der Waals surface area contributed by atoms with E-state index in [2.05, 4.69) is 76.4 Å². The minimum absolute atomic E-state index is 0.386. The van der Waals surface area contributed by atoms with Crippen molar-refractivity contribution in [2.24, 2.45) is 11.8 Å². The maximum atomic E-state index is 16.7. The number of thiophene rings is 2. The third-order valence-corrected chi connectivity index (χ3v) is 19.4. The van der Waals surface area contributed by atoms with E-state index >= 15 is 8.78 Å². The molecule has 358 valence electrons. The first kappa shape index (κ1) is 55.5. The molecule has 0 aliphatic carbocycles. The van der Waals surface area contributed by atoms with Crippen LogP contribution in [-0.4, -0.2) is 0 Å². The highest BCUT2D eigenvalue weighted by Gasteiger charge is 2.32. The normalized spacial score (nSPS) is 13.5. The first-order valence-corrected chi connectivity index (χ1v) is 31.4. The molecule has 0 spiro atoms. The molecule has 2 unspecified atom stereocenters. The molecule has 0 radical (unpaired) electrons. The predicted molar refractivity (Wildman–Crippen MR) is 290 cm³/mol. The van der Waals surface area contributed by atoms with Gasteiger partial charge >= 0.3 is 0 Å². The Bertz CT molecular complexity index is 1550. The minimum Gasteiger partial charge on any atom is -0.319 e. The number of hydrogen-bond acceptors (Lipinski definition) is 5. The van der Waals surface area contributed by atoms with Gasteiger partial charge in [0, 0.05) is 26.3 Å². The number of hydrogen-bond donors (Lipinski definition) is 1. The Kier molecular flexibility index (Phi) is 29.5. The van der Waals surface area contributed by atoms with Crippen LogP contribution in [0, 0.1) is 23.5 Å². The Morgan fingerprint density at radius 3 is 1.14 bits per heavy atom. The quantitative estimate of drug-likeness (QED) is 0.0349. The molecule has 0 saturated heterocycles. The number of fused-ring (bicyclic) bond motifs is 1. The molecule has 3 aromatic rings. The van der Waals surface area contributed by atoms with E-state index in [-0.39, 0.29) is 0 Å². The number of unbranched alkanes of at least 4 members (excludes halogenated alkanes) is 24. The number of benzene rings is 1. The van der Waals surface area contributed by atoms with Crippen LogP contribution in [-0.2, 0) is 12.8 Å². The molecule has 1 aliphatic rings. The van der Waals surface area contributed by atoms with Crippen molar-refractivity contribution in [3.8, 4) is 20.9 Å². The summed E-state index contributed by atoms with van der Waals surface area (Å²) in [7, 11) is 3.00. The van der Waals surface area contributed by atoms with E-state index in [0.29, 0.717) is 23.0 Å². The molecule has 9 heteroatoms. The van der Waals surface area contributed by atoms with Gasteiger partial charge in [0.25, 0.3) is 0 Å². The van der Waals surface area contributed by atoms with Gasteiger partial charge in [-0.1, -0.05) is 233 Å². The van der Waals surface area contributed by atoms with Gasteiger partial charge in [-0.05, 0) is 90.6 Å². The summed E-state index contributed by atoms with van der Waals surface area (Å²) in [5.74, 6) is -0.214. The van der Waals surface area contributed by atoms with Gasteiger partial charge in [-0.2, -0.15) is 0 Å². The Labute approximate surface area is 418 Å². The predicted octanol–water partition coefficient (Wildman–Crippen LogP) is 22.9. The Morgan fingerprint density at radius 1 is 0.460 bits per heavy atom. The molecule has 4 rings (SSSR count). The fourth-order valence-corrected chi connectivity index (χ4v) is 15.3. The van der Waals surface area contributed by atoms with Crippen LogP contribution in [0.3, 0.4) is 0 Å². The highest BCUT2D eigenvalue weighted by molar-refractivity contribution is 9.11. The molecule has 2 aromatic heterocycles. The van der Waals surface area contributed by atoms with E-state index in [9.17, 15) is 0 Å². The number of halogens is 4. The van der Waals surface area contributed by atoms with Crippen LogP contribution in [0.15, 0.2) is 24.6 Å². The van der Waals surface area contributed by atoms with Crippen molar-refractivity contribution in [3.63, 3.8) is 0 Å². The largest absolute Gasteiger partial charge is 0.319 e. The SMILES string of the molecule is CCCCCCCCCCC(CCCCCCCC)Cc1cc(-c2c(F)c(F)c(-c3cc(CC(CCCCCCCC)CCCCCCCCCC)c(Br)s3)c3c2NSS3)sc1Br. The van der Waals surface area contributed by atoms with Gasteiger partial charge in [0.1, 0.15) is 0 Å². The molecule has 2 atom stereocenters. The summed E-state index contributed by atoms with van der Waals surface area (Å²) in [6, 6.07) is 4.34. The van der Waals surface area contributed by atoms with Crippen LogP contribution in [0.5, 0.6) is 0 Å². The smallest absolute Gasteiger partial charge is 0.170 e. The monoisotopic (exact) mass is 1070 g/mol. The summed E-state index contributed by atoms with van der Waals surface area (Å²) < 4.78 is 39.0. The Hall–Kier alpha value is -0.0600. The molecule has 1 aliphatic heterocycles. The summed E-state index contributed by atoms with van der Waals surface area (Å²) in [6.07, 6.45) is 44.3. The second-order valence-corrected chi connectivity index (χ2v) is 25.6. The third-order valence-electron chi connectivity index (χ3n) is 13.5. The van der Waals surface area contributed by atoms with Crippen LogP contribution in [0.1, 0.15) is 244 Å². The molecule has 3 heterocycles. The van der Waals surface area contributed by atoms with Crippen LogP contribution < -0.4 is 4.72 Å². The zero-order valence-electron chi connectivity index (χ0n) is 40.0. The van der Waals surface area contributed by atoms with E-state index in [4.69, 9.17) is 0 Å². The maximum Gasteiger partial charge on any atom is 0.170 e. The summed E-state index contributed by atoms with van der Waals surface area (Å²) in [5, 5.41) is 0. The lowest BCUT2D eigenvalue weighted by Gasteiger charge is -2.17. The van der Waals surface area contributed by atoms with Crippen molar-refractivity contribution in [2.45, 2.75) is 251 Å². The van der Waals surface area contributed by atoms with Gasteiger partial charge in [-0.15, -0.1) is 22.7 Å². The van der Waals surface area contributed by atoms with Gasteiger partial charge < -0.3 is 4.72 Å². The fourth-order valence-electron chi connectivity index (χ4n) is 9.62. The van der Waals surface area contributed by atoms with Crippen molar-refractivity contribution in [1.82, 2.24) is 0 Å². The van der Waals surface area contributed by atoms with E-state index in [1.165, 1.54) is 238 Å². The molecule has 0 bridgehead atoms. The van der Waals surface area contributed by atoms with Gasteiger partial charge in [0.05, 0.1) is 23.7 Å².